The Labute approximate surface area is 115 Å². The predicted molar refractivity (Wildman–Crippen MR) is 78.0 cm³/mol. The molecule has 102 valence electrons. The first-order valence-electron chi connectivity index (χ1n) is 6.90. The van der Waals surface area contributed by atoms with E-state index in [0.29, 0.717) is 0 Å². The first-order valence-corrected chi connectivity index (χ1v) is 6.90. The molecule has 1 atom stereocenters. The largest absolute Gasteiger partial charge is 0.331 e. The molecule has 0 bridgehead atoms. The molecule has 0 aromatic heterocycles. The molecule has 19 heavy (non-hydrogen) atoms. The Morgan fingerprint density at radius 1 is 1.21 bits per heavy atom. The van der Waals surface area contributed by atoms with E-state index < -0.39 is 0 Å². The predicted octanol–water partition coefficient (Wildman–Crippen LogP) is 3.50. The minimum Gasteiger partial charge on any atom is -0.331 e. The number of hydrogen-bond donors (Lipinski definition) is 1. The summed E-state index contributed by atoms with van der Waals surface area (Å²) in [6.45, 7) is 0. The van der Waals surface area contributed by atoms with Crippen LogP contribution in [0.3, 0.4) is 0 Å². The van der Waals surface area contributed by atoms with Gasteiger partial charge in [0.05, 0.1) is 6.04 Å². The van der Waals surface area contributed by atoms with Gasteiger partial charge in [-0.25, -0.2) is 4.79 Å². The number of carbonyl (C=O) groups excluding carboxylic acids is 1. The second-order valence-electron chi connectivity index (χ2n) is 5.21. The van der Waals surface area contributed by atoms with Crippen LogP contribution < -0.4 is 5.32 Å². The van der Waals surface area contributed by atoms with Gasteiger partial charge in [0.25, 0.3) is 0 Å². The molecule has 3 heteroatoms. The number of urea groups is 1. The van der Waals surface area contributed by atoms with Crippen molar-refractivity contribution in [2.45, 2.75) is 31.7 Å². The van der Waals surface area contributed by atoms with Crippen molar-refractivity contribution < 1.29 is 4.79 Å². The van der Waals surface area contributed by atoms with Crippen LogP contribution in [0.2, 0.25) is 0 Å². The summed E-state index contributed by atoms with van der Waals surface area (Å²) in [6.07, 6.45) is 6.96. The molecule has 1 unspecified atom stereocenters. The van der Waals surface area contributed by atoms with Crippen LogP contribution in [0.25, 0.3) is 0 Å². The summed E-state index contributed by atoms with van der Waals surface area (Å²) in [7, 11) is 3.54. The number of allylic oxidation sites excluding steroid dienone is 1. The number of rotatable bonds is 3. The van der Waals surface area contributed by atoms with Crippen LogP contribution in [0.15, 0.2) is 42.0 Å². The van der Waals surface area contributed by atoms with E-state index in [-0.39, 0.29) is 12.1 Å². The van der Waals surface area contributed by atoms with Crippen LogP contribution in [0.1, 0.15) is 37.3 Å². The third-order valence-electron chi connectivity index (χ3n) is 3.50. The van der Waals surface area contributed by atoms with Gasteiger partial charge in [-0.1, -0.05) is 36.4 Å². The van der Waals surface area contributed by atoms with Gasteiger partial charge in [-0.2, -0.15) is 0 Å². The summed E-state index contributed by atoms with van der Waals surface area (Å²) < 4.78 is 0. The SMILES string of the molecule is CN(C)C(=O)NC(C1=CCCCC1)c1ccccc1. The second kappa shape index (κ2) is 6.41. The first kappa shape index (κ1) is 13.7. The zero-order chi connectivity index (χ0) is 13.7. The van der Waals surface area contributed by atoms with E-state index in [9.17, 15) is 4.79 Å². The van der Waals surface area contributed by atoms with Crippen molar-refractivity contribution in [1.82, 2.24) is 10.2 Å². The fourth-order valence-corrected chi connectivity index (χ4v) is 2.41. The highest BCUT2D eigenvalue weighted by Gasteiger charge is 2.20. The van der Waals surface area contributed by atoms with Gasteiger partial charge >= 0.3 is 6.03 Å². The van der Waals surface area contributed by atoms with Gasteiger partial charge in [-0.15, -0.1) is 0 Å². The molecule has 0 saturated carbocycles. The first-order chi connectivity index (χ1) is 9.18. The molecule has 0 radical (unpaired) electrons. The third kappa shape index (κ3) is 3.60. The molecular formula is C16H22N2O. The van der Waals surface area contributed by atoms with E-state index in [1.165, 1.54) is 18.4 Å². The quantitative estimate of drug-likeness (QED) is 0.827. The summed E-state index contributed by atoms with van der Waals surface area (Å²) in [6, 6.07) is 10.2. The van der Waals surface area contributed by atoms with E-state index in [1.54, 1.807) is 19.0 Å². The number of nitrogens with one attached hydrogen (secondary N) is 1. The lowest BCUT2D eigenvalue weighted by molar-refractivity contribution is 0.214. The number of carbonyl (C=O) groups is 1. The Kier molecular flexibility index (Phi) is 4.61. The minimum absolute atomic E-state index is 0.0106. The van der Waals surface area contributed by atoms with Crippen LogP contribution in [-0.2, 0) is 0 Å². The molecule has 1 aromatic rings. The molecule has 0 saturated heterocycles. The van der Waals surface area contributed by atoms with Gasteiger partial charge in [0.15, 0.2) is 0 Å². The molecule has 1 aliphatic carbocycles. The number of amides is 2. The maximum atomic E-state index is 12.0. The van der Waals surface area contributed by atoms with E-state index in [2.05, 4.69) is 23.5 Å². The zero-order valence-electron chi connectivity index (χ0n) is 11.7. The molecule has 1 N–H and O–H groups in total. The lowest BCUT2D eigenvalue weighted by Gasteiger charge is -2.26. The molecule has 2 amide bonds. The molecule has 2 rings (SSSR count). The average Bonchev–Trinajstić information content (AvgIpc) is 2.46. The maximum absolute atomic E-state index is 12.0. The van der Waals surface area contributed by atoms with Gasteiger partial charge in [0.2, 0.25) is 0 Å². The standard InChI is InChI=1S/C16H22N2O/c1-18(2)16(19)17-15(13-9-5-3-6-10-13)14-11-7-4-8-12-14/h3,5-6,9-11,15H,4,7-8,12H2,1-2H3,(H,17,19). The van der Waals surface area contributed by atoms with Crippen molar-refractivity contribution in [2.24, 2.45) is 0 Å². The van der Waals surface area contributed by atoms with E-state index in [4.69, 9.17) is 0 Å². The number of nitrogens with zero attached hydrogens (tertiary/aromatic N) is 1. The molecule has 1 aromatic carbocycles. The highest BCUT2D eigenvalue weighted by molar-refractivity contribution is 5.74. The molecule has 0 fully saturated rings. The van der Waals surface area contributed by atoms with Crippen LogP contribution >= 0.6 is 0 Å². The third-order valence-corrected chi connectivity index (χ3v) is 3.50. The van der Waals surface area contributed by atoms with Crippen LogP contribution in [0, 0.1) is 0 Å². The van der Waals surface area contributed by atoms with Crippen molar-refractivity contribution >= 4 is 6.03 Å². The van der Waals surface area contributed by atoms with Gasteiger partial charge in [-0.05, 0) is 36.8 Å². The molecule has 0 aliphatic heterocycles. The summed E-state index contributed by atoms with van der Waals surface area (Å²) in [5, 5.41) is 3.12. The number of hydrogen-bond acceptors (Lipinski definition) is 1. The normalized spacial score (nSPS) is 16.4. The lowest BCUT2D eigenvalue weighted by Crippen LogP contribution is -2.38. The Bertz CT molecular complexity index is 451. The van der Waals surface area contributed by atoms with Crippen LogP contribution in [-0.4, -0.2) is 25.0 Å². The topological polar surface area (TPSA) is 32.3 Å². The summed E-state index contributed by atoms with van der Waals surface area (Å²) in [5.41, 5.74) is 2.50. The fraction of sp³-hybridized carbons (Fsp3) is 0.438. The Hall–Kier alpha value is -1.77. The van der Waals surface area contributed by atoms with Crippen molar-refractivity contribution in [1.29, 1.82) is 0 Å². The number of benzene rings is 1. The fourth-order valence-electron chi connectivity index (χ4n) is 2.41. The average molecular weight is 258 g/mol. The lowest BCUT2D eigenvalue weighted by atomic mass is 9.90. The second-order valence-corrected chi connectivity index (χ2v) is 5.21. The molecule has 0 spiro atoms. The Morgan fingerprint density at radius 2 is 1.95 bits per heavy atom. The van der Waals surface area contributed by atoms with Crippen LogP contribution in [0.4, 0.5) is 4.79 Å². The highest BCUT2D eigenvalue weighted by atomic mass is 16.2. The van der Waals surface area contributed by atoms with Gasteiger partial charge in [-0.3, -0.25) is 0 Å². The van der Waals surface area contributed by atoms with E-state index >= 15 is 0 Å². The van der Waals surface area contributed by atoms with Crippen LogP contribution in [0.5, 0.6) is 0 Å². The van der Waals surface area contributed by atoms with E-state index in [0.717, 1.165) is 18.4 Å². The zero-order valence-corrected chi connectivity index (χ0v) is 11.7. The van der Waals surface area contributed by atoms with Crippen molar-refractivity contribution in [3.8, 4) is 0 Å². The van der Waals surface area contributed by atoms with Gasteiger partial charge in [0, 0.05) is 14.1 Å². The smallest absolute Gasteiger partial charge is 0.317 e. The Balaban J connectivity index is 2.23. The maximum Gasteiger partial charge on any atom is 0.317 e. The van der Waals surface area contributed by atoms with Crippen molar-refractivity contribution in [2.75, 3.05) is 14.1 Å². The summed E-state index contributed by atoms with van der Waals surface area (Å²) in [4.78, 5) is 13.5. The van der Waals surface area contributed by atoms with E-state index in [1.807, 2.05) is 18.2 Å². The van der Waals surface area contributed by atoms with Crippen molar-refractivity contribution in [3.05, 3.63) is 47.5 Å². The molecule has 3 nitrogen and oxygen atoms in total. The highest BCUT2D eigenvalue weighted by Crippen LogP contribution is 2.29. The van der Waals surface area contributed by atoms with Gasteiger partial charge < -0.3 is 10.2 Å². The molecule has 1 aliphatic rings. The summed E-state index contributed by atoms with van der Waals surface area (Å²) >= 11 is 0. The molecular weight excluding hydrogens is 236 g/mol. The summed E-state index contributed by atoms with van der Waals surface area (Å²) in [5.74, 6) is 0. The monoisotopic (exact) mass is 258 g/mol. The van der Waals surface area contributed by atoms with Crippen molar-refractivity contribution in [3.63, 3.8) is 0 Å². The van der Waals surface area contributed by atoms with Gasteiger partial charge in [0.1, 0.15) is 0 Å². The molecule has 0 heterocycles. The minimum atomic E-state index is -0.0414. The Morgan fingerprint density at radius 3 is 2.53 bits per heavy atom.